The first-order valence-corrected chi connectivity index (χ1v) is 11.0. The van der Waals surface area contributed by atoms with Gasteiger partial charge in [0.15, 0.2) is 5.11 Å². The average molecular weight is 492 g/mol. The first kappa shape index (κ1) is 23.8. The van der Waals surface area contributed by atoms with E-state index in [1.807, 2.05) is 19.1 Å². The molecule has 0 saturated carbocycles. The molecule has 0 radical (unpaired) electrons. The van der Waals surface area contributed by atoms with Crippen molar-refractivity contribution < 1.29 is 14.3 Å². The maximum atomic E-state index is 12.4. The first-order chi connectivity index (χ1) is 14.4. The molecule has 30 heavy (non-hydrogen) atoms. The van der Waals surface area contributed by atoms with Gasteiger partial charge >= 0.3 is 0 Å². The highest BCUT2D eigenvalue weighted by Crippen LogP contribution is 2.26. The Kier molecular flexibility index (Phi) is 9.76. The number of hydrazine groups is 1. The van der Waals surface area contributed by atoms with E-state index < -0.39 is 5.91 Å². The Labute approximate surface area is 190 Å². The molecule has 2 amide bonds. The van der Waals surface area contributed by atoms with Crippen molar-refractivity contribution in [2.45, 2.75) is 39.5 Å². The lowest BCUT2D eigenvalue weighted by molar-refractivity contribution is 0.0934. The van der Waals surface area contributed by atoms with E-state index >= 15 is 0 Å². The van der Waals surface area contributed by atoms with E-state index in [2.05, 4.69) is 39.0 Å². The number of hydrogen-bond donors (Lipinski definition) is 3. The van der Waals surface area contributed by atoms with Crippen LogP contribution in [0.5, 0.6) is 5.75 Å². The highest BCUT2D eigenvalue weighted by atomic mass is 79.9. The molecule has 0 atom stereocenters. The van der Waals surface area contributed by atoms with Gasteiger partial charge in [-0.2, -0.15) is 0 Å². The monoisotopic (exact) mass is 491 g/mol. The minimum absolute atomic E-state index is 0.00663. The fraction of sp³-hybridized carbons (Fsp3) is 0.318. The van der Waals surface area contributed by atoms with Gasteiger partial charge in [-0.3, -0.25) is 25.8 Å². The summed E-state index contributed by atoms with van der Waals surface area (Å²) >= 11 is 8.51. The second-order valence-electron chi connectivity index (χ2n) is 6.78. The Bertz CT molecular complexity index is 888. The zero-order valence-electron chi connectivity index (χ0n) is 17.1. The molecule has 6 nitrogen and oxygen atoms in total. The van der Waals surface area contributed by atoms with Gasteiger partial charge in [-0.25, -0.2) is 0 Å². The summed E-state index contributed by atoms with van der Waals surface area (Å²) in [5.41, 5.74) is 6.94. The highest BCUT2D eigenvalue weighted by Gasteiger charge is 2.12. The van der Waals surface area contributed by atoms with Crippen LogP contribution in [0.4, 0.5) is 0 Å². The van der Waals surface area contributed by atoms with E-state index in [0.29, 0.717) is 28.0 Å². The molecule has 3 N–H and O–H groups in total. The molecule has 0 saturated heterocycles. The van der Waals surface area contributed by atoms with Crippen LogP contribution in [-0.2, 0) is 0 Å². The number of ether oxygens (including phenoxy) is 1. The Morgan fingerprint density at radius 1 is 0.967 bits per heavy atom. The summed E-state index contributed by atoms with van der Waals surface area (Å²) in [6.45, 7) is 4.74. The van der Waals surface area contributed by atoms with Crippen molar-refractivity contribution in [3.05, 3.63) is 63.6 Å². The molecular weight excluding hydrogens is 466 g/mol. The number of nitrogens with one attached hydrogen (secondary N) is 3. The summed E-state index contributed by atoms with van der Waals surface area (Å²) < 4.78 is 6.44. The van der Waals surface area contributed by atoms with Gasteiger partial charge < -0.3 is 4.74 Å². The van der Waals surface area contributed by atoms with E-state index in [9.17, 15) is 9.59 Å². The molecule has 0 aromatic heterocycles. The third-order valence-electron chi connectivity index (χ3n) is 4.28. The molecule has 2 rings (SSSR count). The molecule has 0 unspecified atom stereocenters. The van der Waals surface area contributed by atoms with Gasteiger partial charge in [0, 0.05) is 11.1 Å². The number of carbonyl (C=O) groups excluding carboxylic acids is 2. The largest absolute Gasteiger partial charge is 0.492 e. The molecule has 160 valence electrons. The van der Waals surface area contributed by atoms with E-state index in [0.717, 1.165) is 18.4 Å². The third kappa shape index (κ3) is 7.76. The minimum atomic E-state index is -0.396. The van der Waals surface area contributed by atoms with Crippen LogP contribution >= 0.6 is 28.1 Å². The lowest BCUT2D eigenvalue weighted by Gasteiger charge is -2.12. The number of hydrogen-bond acceptors (Lipinski definition) is 4. The van der Waals surface area contributed by atoms with Crippen molar-refractivity contribution in [3.63, 3.8) is 0 Å². The summed E-state index contributed by atoms with van der Waals surface area (Å²) in [6.07, 6.45) is 4.51. The summed E-state index contributed by atoms with van der Waals surface area (Å²) in [4.78, 5) is 24.5. The maximum absolute atomic E-state index is 12.4. The second-order valence-corrected chi connectivity index (χ2v) is 8.05. The van der Waals surface area contributed by atoms with Crippen LogP contribution in [0.2, 0.25) is 0 Å². The first-order valence-electron chi connectivity index (χ1n) is 9.81. The molecular formula is C22H26BrN3O3S. The quantitative estimate of drug-likeness (QED) is 0.284. The smallest absolute Gasteiger partial charge is 0.269 e. The molecule has 0 aliphatic rings. The van der Waals surface area contributed by atoms with Crippen LogP contribution in [0.15, 0.2) is 46.9 Å². The van der Waals surface area contributed by atoms with Gasteiger partial charge in [0.25, 0.3) is 11.8 Å². The predicted octanol–water partition coefficient (Wildman–Crippen LogP) is 4.67. The van der Waals surface area contributed by atoms with E-state index in [4.69, 9.17) is 17.0 Å². The number of benzene rings is 2. The Morgan fingerprint density at radius 2 is 1.67 bits per heavy atom. The van der Waals surface area contributed by atoms with Crippen molar-refractivity contribution in [3.8, 4) is 5.75 Å². The van der Waals surface area contributed by atoms with Crippen molar-refractivity contribution in [2.75, 3.05) is 6.61 Å². The van der Waals surface area contributed by atoms with Crippen molar-refractivity contribution >= 4 is 45.1 Å². The lowest BCUT2D eigenvalue weighted by atomic mass is 10.1. The van der Waals surface area contributed by atoms with Crippen LogP contribution < -0.4 is 20.9 Å². The zero-order valence-corrected chi connectivity index (χ0v) is 19.5. The fourth-order valence-electron chi connectivity index (χ4n) is 2.57. The Morgan fingerprint density at radius 3 is 2.33 bits per heavy atom. The Balaban J connectivity index is 1.81. The van der Waals surface area contributed by atoms with Gasteiger partial charge in [-0.15, -0.1) is 0 Å². The molecule has 0 fully saturated rings. The number of carbonyl (C=O) groups is 2. The number of thiocarbonyl (C=S) groups is 1. The van der Waals surface area contributed by atoms with E-state index in [-0.39, 0.29) is 11.0 Å². The summed E-state index contributed by atoms with van der Waals surface area (Å²) in [5.74, 6) is -0.0591. The summed E-state index contributed by atoms with van der Waals surface area (Å²) in [7, 11) is 0. The van der Waals surface area contributed by atoms with Gasteiger partial charge in [-0.1, -0.05) is 43.9 Å². The molecule has 0 spiro atoms. The van der Waals surface area contributed by atoms with Crippen molar-refractivity contribution in [1.82, 2.24) is 16.2 Å². The van der Waals surface area contributed by atoms with Gasteiger partial charge in [0.2, 0.25) is 0 Å². The number of rotatable bonds is 8. The maximum Gasteiger partial charge on any atom is 0.269 e. The van der Waals surface area contributed by atoms with Crippen LogP contribution in [0.25, 0.3) is 0 Å². The number of unbranched alkanes of at least 4 members (excludes halogenated alkanes) is 3. The minimum Gasteiger partial charge on any atom is -0.492 e. The third-order valence-corrected chi connectivity index (χ3v) is 5.10. The van der Waals surface area contributed by atoms with Gasteiger partial charge in [0.05, 0.1) is 11.1 Å². The number of halogens is 1. The predicted molar refractivity (Wildman–Crippen MR) is 126 cm³/mol. The molecule has 0 aliphatic heterocycles. The normalized spacial score (nSPS) is 10.2. The highest BCUT2D eigenvalue weighted by molar-refractivity contribution is 9.10. The Hall–Kier alpha value is -2.45. The van der Waals surface area contributed by atoms with E-state index in [1.165, 1.54) is 12.8 Å². The lowest BCUT2D eigenvalue weighted by Crippen LogP contribution is -2.48. The van der Waals surface area contributed by atoms with Crippen molar-refractivity contribution in [2.24, 2.45) is 0 Å². The molecule has 0 bridgehead atoms. The van der Waals surface area contributed by atoms with Crippen LogP contribution in [0.3, 0.4) is 0 Å². The summed E-state index contributed by atoms with van der Waals surface area (Å²) in [6, 6.07) is 12.2. The molecule has 2 aromatic rings. The standard InChI is InChI=1S/C22H26BrN3O3S/c1-3-4-5-6-13-29-19-12-11-17(14-18(19)23)20(27)24-22(30)26-25-21(28)16-9-7-15(2)8-10-16/h7-12,14H,3-6,13H2,1-2H3,(H,25,28)(H2,24,26,27,30). The van der Waals surface area contributed by atoms with Crippen LogP contribution in [0, 0.1) is 6.92 Å². The number of amides is 2. The van der Waals surface area contributed by atoms with Crippen molar-refractivity contribution in [1.29, 1.82) is 0 Å². The SMILES string of the molecule is CCCCCCOc1ccc(C(=O)NC(=S)NNC(=O)c2ccc(C)cc2)cc1Br. The van der Waals surface area contributed by atoms with E-state index in [1.54, 1.807) is 30.3 Å². The average Bonchev–Trinajstić information content (AvgIpc) is 2.73. The molecule has 0 aliphatic carbocycles. The molecule has 0 heterocycles. The van der Waals surface area contributed by atoms with Crippen LogP contribution in [-0.4, -0.2) is 23.5 Å². The summed E-state index contributed by atoms with van der Waals surface area (Å²) in [5, 5.41) is 2.52. The topological polar surface area (TPSA) is 79.5 Å². The zero-order chi connectivity index (χ0) is 21.9. The van der Waals surface area contributed by atoms with Crippen LogP contribution in [0.1, 0.15) is 58.9 Å². The number of aryl methyl sites for hydroxylation is 1. The fourth-order valence-corrected chi connectivity index (χ4v) is 3.20. The second kappa shape index (κ2) is 12.3. The van der Waals surface area contributed by atoms with Gasteiger partial charge in [-0.05, 0) is 71.8 Å². The molecule has 8 heteroatoms. The van der Waals surface area contributed by atoms with Gasteiger partial charge in [0.1, 0.15) is 5.75 Å². The molecule has 2 aromatic carbocycles.